The highest BCUT2D eigenvalue weighted by molar-refractivity contribution is 7.17. The van der Waals surface area contributed by atoms with Crippen LogP contribution in [0, 0.1) is 0 Å². The Labute approximate surface area is 191 Å². The van der Waals surface area contributed by atoms with E-state index in [0.717, 1.165) is 42.4 Å². The molecular formula is C23H20N4O5S. The van der Waals surface area contributed by atoms with Crippen LogP contribution >= 0.6 is 11.3 Å². The van der Waals surface area contributed by atoms with Crippen molar-refractivity contribution in [3.8, 4) is 5.75 Å². The van der Waals surface area contributed by atoms with Crippen LogP contribution in [-0.4, -0.2) is 31.7 Å². The lowest BCUT2D eigenvalue weighted by Crippen LogP contribution is -2.20. The molecule has 0 spiro atoms. The van der Waals surface area contributed by atoms with Gasteiger partial charge in [-0.2, -0.15) is 0 Å². The number of aromatic nitrogens is 4. The molecule has 0 saturated carbocycles. The Balaban J connectivity index is 1.17. The summed E-state index contributed by atoms with van der Waals surface area (Å²) in [7, 11) is 1.64. The number of ether oxygens (including phenoxy) is 2. The molecule has 4 heterocycles. The number of hydrogen-bond donors (Lipinski definition) is 0. The molecule has 10 heteroatoms. The summed E-state index contributed by atoms with van der Waals surface area (Å²) in [5.74, 6) is 1.96. The maximum atomic E-state index is 12.4. The summed E-state index contributed by atoms with van der Waals surface area (Å²) < 4.78 is 20.8. The SMILES string of the molecule is Cn1c(=O)c2sccc2n2c(COC(=O)COc3ccc4oc5c(c4c3)CCCC5)nnc12. The summed E-state index contributed by atoms with van der Waals surface area (Å²) in [6.45, 7) is -0.310. The molecule has 0 saturated heterocycles. The van der Waals surface area contributed by atoms with Crippen molar-refractivity contribution in [3.63, 3.8) is 0 Å². The molecule has 0 bridgehead atoms. The minimum Gasteiger partial charge on any atom is -0.482 e. The number of esters is 1. The fourth-order valence-corrected chi connectivity index (χ4v) is 5.26. The van der Waals surface area contributed by atoms with E-state index < -0.39 is 5.97 Å². The standard InChI is InChI=1S/C23H20N4O5S/c1-26-22(29)21-16(8-9-33-21)27-19(24-25-23(26)27)11-31-20(28)12-30-13-6-7-18-15(10-13)14-4-2-3-5-17(14)32-18/h6-10H,2-5,11-12H2,1H3. The molecule has 1 aliphatic carbocycles. The first-order valence-corrected chi connectivity index (χ1v) is 11.6. The first-order chi connectivity index (χ1) is 16.1. The Morgan fingerprint density at radius 2 is 2.09 bits per heavy atom. The smallest absolute Gasteiger partial charge is 0.344 e. The molecular weight excluding hydrogens is 444 g/mol. The van der Waals surface area contributed by atoms with Crippen molar-refractivity contribution in [2.24, 2.45) is 7.05 Å². The van der Waals surface area contributed by atoms with Crippen molar-refractivity contribution < 1.29 is 18.7 Å². The van der Waals surface area contributed by atoms with Crippen molar-refractivity contribution in [1.29, 1.82) is 0 Å². The van der Waals surface area contributed by atoms with Crippen molar-refractivity contribution >= 4 is 44.3 Å². The third-order valence-electron chi connectivity index (χ3n) is 6.04. The summed E-state index contributed by atoms with van der Waals surface area (Å²) in [5, 5.41) is 11.1. The third-order valence-corrected chi connectivity index (χ3v) is 6.93. The number of nitrogens with zero attached hydrogens (tertiary/aromatic N) is 4. The van der Waals surface area contributed by atoms with E-state index in [4.69, 9.17) is 13.9 Å². The van der Waals surface area contributed by atoms with Crippen LogP contribution in [0.15, 0.2) is 38.9 Å². The van der Waals surface area contributed by atoms with E-state index in [0.29, 0.717) is 27.6 Å². The number of benzene rings is 1. The van der Waals surface area contributed by atoms with Gasteiger partial charge in [-0.3, -0.25) is 13.8 Å². The van der Waals surface area contributed by atoms with E-state index in [1.807, 2.05) is 23.6 Å². The zero-order valence-corrected chi connectivity index (χ0v) is 18.7. The van der Waals surface area contributed by atoms with E-state index >= 15 is 0 Å². The molecule has 4 aromatic heterocycles. The van der Waals surface area contributed by atoms with Gasteiger partial charge in [0.25, 0.3) is 5.56 Å². The molecule has 6 rings (SSSR count). The number of carbonyl (C=O) groups excluding carboxylic acids is 1. The van der Waals surface area contributed by atoms with E-state index in [-0.39, 0.29) is 18.8 Å². The fourth-order valence-electron chi connectivity index (χ4n) is 4.41. The summed E-state index contributed by atoms with van der Waals surface area (Å²) >= 11 is 1.35. The van der Waals surface area contributed by atoms with Gasteiger partial charge in [0.05, 0.1) is 5.52 Å². The fraction of sp³-hybridized carbons (Fsp3) is 0.304. The Morgan fingerprint density at radius 3 is 3.00 bits per heavy atom. The van der Waals surface area contributed by atoms with Crippen LogP contribution in [-0.2, 0) is 36.0 Å². The predicted octanol–water partition coefficient (Wildman–Crippen LogP) is 3.39. The largest absolute Gasteiger partial charge is 0.482 e. The van der Waals surface area contributed by atoms with Gasteiger partial charge in [0.1, 0.15) is 21.8 Å². The predicted molar refractivity (Wildman–Crippen MR) is 122 cm³/mol. The van der Waals surface area contributed by atoms with Crippen LogP contribution < -0.4 is 10.3 Å². The molecule has 0 aliphatic heterocycles. The quantitative estimate of drug-likeness (QED) is 0.368. The molecule has 33 heavy (non-hydrogen) atoms. The van der Waals surface area contributed by atoms with E-state index in [9.17, 15) is 9.59 Å². The first kappa shape index (κ1) is 20.0. The number of fused-ring (bicyclic) bond motifs is 6. The second-order valence-electron chi connectivity index (χ2n) is 8.07. The minimum atomic E-state index is -0.521. The lowest BCUT2D eigenvalue weighted by molar-refractivity contribution is -0.147. The summed E-state index contributed by atoms with van der Waals surface area (Å²) in [5.41, 5.74) is 2.66. The molecule has 0 N–H and O–H groups in total. The molecule has 168 valence electrons. The monoisotopic (exact) mass is 464 g/mol. The molecule has 1 aromatic carbocycles. The molecule has 5 aromatic rings. The molecule has 0 fully saturated rings. The average Bonchev–Trinajstić information content (AvgIpc) is 3.56. The zero-order chi connectivity index (χ0) is 22.5. The highest BCUT2D eigenvalue weighted by Crippen LogP contribution is 2.34. The maximum absolute atomic E-state index is 12.4. The number of furan rings is 1. The van der Waals surface area contributed by atoms with Gasteiger partial charge in [0, 0.05) is 24.4 Å². The summed E-state index contributed by atoms with van der Waals surface area (Å²) in [4.78, 5) is 24.8. The molecule has 9 nitrogen and oxygen atoms in total. The second-order valence-corrected chi connectivity index (χ2v) is 8.99. The van der Waals surface area contributed by atoms with Gasteiger partial charge in [-0.05, 0) is 48.9 Å². The van der Waals surface area contributed by atoms with Crippen LogP contribution in [0.5, 0.6) is 5.75 Å². The van der Waals surface area contributed by atoms with E-state index in [2.05, 4.69) is 10.2 Å². The van der Waals surface area contributed by atoms with Gasteiger partial charge in [-0.1, -0.05) is 0 Å². The third kappa shape index (κ3) is 3.29. The lowest BCUT2D eigenvalue weighted by Gasteiger charge is -2.09. The van der Waals surface area contributed by atoms with Gasteiger partial charge >= 0.3 is 5.97 Å². The van der Waals surface area contributed by atoms with Crippen molar-refractivity contribution in [2.45, 2.75) is 32.3 Å². The Morgan fingerprint density at radius 1 is 1.21 bits per heavy atom. The van der Waals surface area contributed by atoms with Crippen LogP contribution in [0.4, 0.5) is 0 Å². The number of thiophene rings is 1. The number of hydrogen-bond acceptors (Lipinski definition) is 8. The summed E-state index contributed by atoms with van der Waals surface area (Å²) in [6, 6.07) is 7.44. The Hall–Kier alpha value is -3.66. The Bertz CT molecular complexity index is 1590. The van der Waals surface area contributed by atoms with Crippen LogP contribution in [0.1, 0.15) is 30.0 Å². The van der Waals surface area contributed by atoms with Crippen LogP contribution in [0.2, 0.25) is 0 Å². The normalized spacial score (nSPS) is 13.6. The number of carbonyl (C=O) groups is 1. The van der Waals surface area contributed by atoms with Gasteiger partial charge in [0.2, 0.25) is 5.78 Å². The average molecular weight is 465 g/mol. The molecule has 0 radical (unpaired) electrons. The zero-order valence-electron chi connectivity index (χ0n) is 17.9. The molecule has 1 aliphatic rings. The first-order valence-electron chi connectivity index (χ1n) is 10.7. The van der Waals surface area contributed by atoms with Crippen LogP contribution in [0.3, 0.4) is 0 Å². The highest BCUT2D eigenvalue weighted by atomic mass is 32.1. The number of rotatable bonds is 5. The second kappa shape index (κ2) is 7.73. The molecule has 0 atom stereocenters. The van der Waals surface area contributed by atoms with Crippen molar-refractivity contribution in [3.05, 3.63) is 57.1 Å². The van der Waals surface area contributed by atoms with Crippen molar-refractivity contribution in [2.75, 3.05) is 6.61 Å². The summed E-state index contributed by atoms with van der Waals surface area (Å²) in [6.07, 6.45) is 4.28. The maximum Gasteiger partial charge on any atom is 0.344 e. The molecule has 0 amide bonds. The van der Waals surface area contributed by atoms with E-state index in [1.54, 1.807) is 17.5 Å². The minimum absolute atomic E-state index is 0.0826. The Kier molecular flexibility index (Phi) is 4.68. The number of aryl methyl sites for hydroxylation is 3. The molecule has 0 unspecified atom stereocenters. The lowest BCUT2D eigenvalue weighted by atomic mass is 9.96. The van der Waals surface area contributed by atoms with Gasteiger partial charge in [-0.15, -0.1) is 21.5 Å². The van der Waals surface area contributed by atoms with Gasteiger partial charge in [0.15, 0.2) is 19.0 Å². The highest BCUT2D eigenvalue weighted by Gasteiger charge is 2.19. The van der Waals surface area contributed by atoms with Crippen LogP contribution in [0.25, 0.3) is 27.0 Å². The van der Waals surface area contributed by atoms with Gasteiger partial charge in [-0.25, -0.2) is 4.79 Å². The van der Waals surface area contributed by atoms with Crippen molar-refractivity contribution in [1.82, 2.24) is 19.2 Å². The van der Waals surface area contributed by atoms with E-state index in [1.165, 1.54) is 21.5 Å². The topological polar surface area (TPSA) is 101 Å². The van der Waals surface area contributed by atoms with Gasteiger partial charge < -0.3 is 13.9 Å².